The van der Waals surface area contributed by atoms with E-state index in [0.717, 1.165) is 46.1 Å². The minimum Gasteiger partial charge on any atom is -0.301 e. The molecule has 1 saturated heterocycles. The second-order valence-electron chi connectivity index (χ2n) is 7.25. The molecule has 1 N–H and O–H groups in total. The zero-order valence-corrected chi connectivity index (χ0v) is 20.2. The van der Waals surface area contributed by atoms with Crippen LogP contribution >= 0.6 is 46.0 Å². The molecule has 2 aromatic heterocycles. The van der Waals surface area contributed by atoms with Crippen LogP contribution in [0.25, 0.3) is 11.3 Å². The van der Waals surface area contributed by atoms with Crippen LogP contribution in [0.4, 0.5) is 5.13 Å². The van der Waals surface area contributed by atoms with E-state index in [1.165, 1.54) is 26.6 Å². The van der Waals surface area contributed by atoms with Crippen molar-refractivity contribution in [3.63, 3.8) is 0 Å². The van der Waals surface area contributed by atoms with Gasteiger partial charge in [-0.2, -0.15) is 4.31 Å². The highest BCUT2D eigenvalue weighted by molar-refractivity contribution is 7.98. The summed E-state index contributed by atoms with van der Waals surface area (Å²) in [4.78, 5) is 20.1. The number of hydrogen-bond acceptors (Lipinski definition) is 7. The van der Waals surface area contributed by atoms with Crippen molar-refractivity contribution in [3.8, 4) is 11.3 Å². The minimum absolute atomic E-state index is 0.163. The maximum atomic E-state index is 13.1. The monoisotopic (exact) mass is 511 g/mol. The van der Waals surface area contributed by atoms with Crippen molar-refractivity contribution in [2.45, 2.75) is 40.2 Å². The number of amides is 1. The van der Waals surface area contributed by atoms with E-state index >= 15 is 0 Å². The topological polar surface area (TPSA) is 79.4 Å². The van der Waals surface area contributed by atoms with Crippen LogP contribution in [0.15, 0.2) is 45.5 Å². The lowest BCUT2D eigenvalue weighted by molar-refractivity contribution is -0.120. The highest BCUT2D eigenvalue weighted by Gasteiger charge is 2.38. The quantitative estimate of drug-likeness (QED) is 0.513. The molecule has 0 bridgehead atoms. The first-order valence-corrected chi connectivity index (χ1v) is 14.2. The van der Waals surface area contributed by atoms with E-state index in [2.05, 4.69) is 16.4 Å². The zero-order valence-electron chi connectivity index (χ0n) is 16.2. The first-order valence-electron chi connectivity index (χ1n) is 9.73. The average Bonchev–Trinajstić information content (AvgIpc) is 3.40. The number of anilines is 1. The summed E-state index contributed by atoms with van der Waals surface area (Å²) in [5, 5.41) is 3.40. The molecule has 2 aliphatic rings. The summed E-state index contributed by atoms with van der Waals surface area (Å²) in [5.74, 6) is 0.473. The summed E-state index contributed by atoms with van der Waals surface area (Å²) >= 11 is 10.2. The number of nitrogens with zero attached hydrogens (tertiary/aromatic N) is 2. The molecular formula is C20H18ClN3O3S4. The van der Waals surface area contributed by atoms with Crippen molar-refractivity contribution in [2.24, 2.45) is 0 Å². The number of carbonyl (C=O) groups excluding carboxylic acids is 1. The number of piperidine rings is 1. The molecule has 0 saturated carbocycles. The van der Waals surface area contributed by atoms with Crippen molar-refractivity contribution < 1.29 is 13.2 Å². The molecule has 2 aliphatic heterocycles. The van der Waals surface area contributed by atoms with Gasteiger partial charge in [0.2, 0.25) is 5.91 Å². The maximum absolute atomic E-state index is 13.1. The number of thiazole rings is 1. The number of sulfonamides is 1. The Hall–Kier alpha value is -1.43. The predicted octanol–water partition coefficient (Wildman–Crippen LogP) is 5.31. The minimum atomic E-state index is -3.78. The second kappa shape index (κ2) is 8.49. The van der Waals surface area contributed by atoms with Crippen LogP contribution in [-0.4, -0.2) is 36.2 Å². The van der Waals surface area contributed by atoms with Gasteiger partial charge < -0.3 is 5.32 Å². The van der Waals surface area contributed by atoms with Crippen molar-refractivity contribution in [1.29, 1.82) is 0 Å². The fourth-order valence-electron chi connectivity index (χ4n) is 3.84. The number of halogens is 1. The first kappa shape index (κ1) is 21.4. The molecule has 1 aromatic carbocycles. The maximum Gasteiger partial charge on any atom is 0.253 e. The van der Waals surface area contributed by atoms with Gasteiger partial charge in [0.25, 0.3) is 10.0 Å². The lowest BCUT2D eigenvalue weighted by atomic mass is 10.0. The van der Waals surface area contributed by atoms with Crippen molar-refractivity contribution in [3.05, 3.63) is 45.6 Å². The number of thioether (sulfide) groups is 1. The SMILES string of the molecule is O=C(Nc1nc2c(s1)CSc1ccccc1-2)C1CCCCN1S(=O)(=O)c1ccc(Cl)s1. The molecule has 1 amide bonds. The standard InChI is InChI=1S/C20H18ClN3O3S4/c21-16-8-9-17(30-16)31(26,27)24-10-4-3-6-13(24)19(25)23-20-22-18-12-5-1-2-7-14(12)28-11-15(18)29-20/h1-2,5,7-9,13H,3-4,6,10-11H2,(H,22,23,25). The Bertz CT molecular complexity index is 1250. The summed E-state index contributed by atoms with van der Waals surface area (Å²) in [7, 11) is -3.78. The molecule has 5 rings (SSSR count). The molecule has 31 heavy (non-hydrogen) atoms. The van der Waals surface area contributed by atoms with E-state index in [4.69, 9.17) is 11.6 Å². The average molecular weight is 512 g/mol. The van der Waals surface area contributed by atoms with Crippen LogP contribution in [-0.2, 0) is 20.6 Å². The van der Waals surface area contributed by atoms with E-state index in [1.54, 1.807) is 17.8 Å². The molecule has 3 aromatic rings. The Morgan fingerprint density at radius 3 is 2.81 bits per heavy atom. The summed E-state index contributed by atoms with van der Waals surface area (Å²) < 4.78 is 28.2. The molecule has 11 heteroatoms. The number of nitrogens with one attached hydrogen (secondary N) is 1. The van der Waals surface area contributed by atoms with Crippen LogP contribution in [0, 0.1) is 0 Å². The number of rotatable bonds is 4. The van der Waals surface area contributed by atoms with Gasteiger partial charge in [0, 0.05) is 27.6 Å². The van der Waals surface area contributed by atoms with Gasteiger partial charge in [-0.05, 0) is 31.0 Å². The predicted molar refractivity (Wildman–Crippen MR) is 127 cm³/mol. The molecule has 4 heterocycles. The molecule has 1 atom stereocenters. The van der Waals surface area contributed by atoms with Crippen molar-refractivity contribution in [1.82, 2.24) is 9.29 Å². The molecule has 6 nitrogen and oxygen atoms in total. The number of benzene rings is 1. The number of thiophene rings is 1. The lowest BCUT2D eigenvalue weighted by Crippen LogP contribution is -2.49. The molecule has 1 fully saturated rings. The van der Waals surface area contributed by atoms with Crippen LogP contribution in [0.2, 0.25) is 4.34 Å². The van der Waals surface area contributed by atoms with Gasteiger partial charge in [-0.25, -0.2) is 13.4 Å². The molecule has 1 unspecified atom stereocenters. The highest BCUT2D eigenvalue weighted by atomic mass is 35.5. The fraction of sp³-hybridized carbons (Fsp3) is 0.300. The molecule has 0 spiro atoms. The summed E-state index contributed by atoms with van der Waals surface area (Å²) in [6.45, 7) is 0.314. The van der Waals surface area contributed by atoms with Crippen molar-refractivity contribution >= 4 is 67.1 Å². The van der Waals surface area contributed by atoms with Crippen LogP contribution in [0.5, 0.6) is 0 Å². The van der Waals surface area contributed by atoms with E-state index in [9.17, 15) is 13.2 Å². The van der Waals surface area contributed by atoms with Crippen molar-refractivity contribution in [2.75, 3.05) is 11.9 Å². The van der Waals surface area contributed by atoms with Crippen LogP contribution in [0.1, 0.15) is 24.1 Å². The van der Waals surface area contributed by atoms with Crippen LogP contribution < -0.4 is 5.32 Å². The Labute approximate surface area is 197 Å². The van der Waals surface area contributed by atoms with Crippen LogP contribution in [0.3, 0.4) is 0 Å². The van der Waals surface area contributed by atoms with Gasteiger partial charge in [-0.3, -0.25) is 4.79 Å². The highest BCUT2D eigenvalue weighted by Crippen LogP contribution is 2.44. The van der Waals surface area contributed by atoms with E-state index in [0.29, 0.717) is 22.4 Å². The van der Waals surface area contributed by atoms with Gasteiger partial charge in [0.15, 0.2) is 5.13 Å². The van der Waals surface area contributed by atoms with Gasteiger partial charge in [-0.1, -0.05) is 36.2 Å². The Morgan fingerprint density at radius 2 is 2.00 bits per heavy atom. The molecule has 0 aliphatic carbocycles. The van der Waals surface area contributed by atoms with Gasteiger partial charge in [0.05, 0.1) is 10.0 Å². The van der Waals surface area contributed by atoms with Gasteiger partial charge >= 0.3 is 0 Å². The smallest absolute Gasteiger partial charge is 0.253 e. The Balaban J connectivity index is 1.39. The fourth-order valence-corrected chi connectivity index (χ4v) is 9.21. The van der Waals surface area contributed by atoms with E-state index in [-0.39, 0.29) is 10.1 Å². The van der Waals surface area contributed by atoms with E-state index in [1.807, 2.05) is 18.2 Å². The normalized spacial score (nSPS) is 18.9. The number of hydrogen-bond donors (Lipinski definition) is 1. The number of carbonyl (C=O) groups is 1. The molecule has 162 valence electrons. The number of fused-ring (bicyclic) bond motifs is 3. The summed E-state index contributed by atoms with van der Waals surface area (Å²) in [6.07, 6.45) is 2.00. The summed E-state index contributed by atoms with van der Waals surface area (Å²) in [5.41, 5.74) is 1.97. The Kier molecular flexibility index (Phi) is 5.87. The lowest BCUT2D eigenvalue weighted by Gasteiger charge is -2.32. The first-order chi connectivity index (χ1) is 14.9. The largest absolute Gasteiger partial charge is 0.301 e. The van der Waals surface area contributed by atoms with E-state index < -0.39 is 16.1 Å². The molecule has 0 radical (unpaired) electrons. The number of aromatic nitrogens is 1. The zero-order chi connectivity index (χ0) is 21.6. The third kappa shape index (κ3) is 4.05. The third-order valence-corrected chi connectivity index (χ3v) is 11.2. The van der Waals surface area contributed by atoms with Gasteiger partial charge in [0.1, 0.15) is 10.3 Å². The third-order valence-electron chi connectivity index (χ3n) is 5.30. The van der Waals surface area contributed by atoms with Gasteiger partial charge in [-0.15, -0.1) is 34.4 Å². The summed E-state index contributed by atoms with van der Waals surface area (Å²) in [6, 6.07) is 10.4. The molecular weight excluding hydrogens is 494 g/mol. The second-order valence-corrected chi connectivity index (χ2v) is 13.2. The Morgan fingerprint density at radius 1 is 1.16 bits per heavy atom.